The molecule has 3 aliphatic rings. The van der Waals surface area contributed by atoms with Crippen LogP contribution in [0.1, 0.15) is 30.5 Å². The van der Waals surface area contributed by atoms with Crippen LogP contribution in [0.25, 0.3) is 10.8 Å². The Morgan fingerprint density at radius 3 is 2.69 bits per heavy atom. The van der Waals surface area contributed by atoms with Crippen LogP contribution in [0.5, 0.6) is 6.01 Å². The van der Waals surface area contributed by atoms with Crippen molar-refractivity contribution in [3.05, 3.63) is 64.8 Å². The number of piperazine rings is 1. The molecule has 2 saturated heterocycles. The summed E-state index contributed by atoms with van der Waals surface area (Å²) in [5, 5.41) is 11.5. The molecule has 0 aliphatic carbocycles. The van der Waals surface area contributed by atoms with E-state index in [1.165, 1.54) is 19.2 Å². The number of benzene rings is 2. The molecule has 3 aliphatic heterocycles. The predicted octanol–water partition coefficient (Wildman–Crippen LogP) is 4.80. The third kappa shape index (κ3) is 8.43. The van der Waals surface area contributed by atoms with Gasteiger partial charge in [-0.3, -0.25) is 9.69 Å². The van der Waals surface area contributed by atoms with E-state index in [0.717, 1.165) is 52.0 Å². The zero-order chi connectivity index (χ0) is 36.3. The number of aromatic nitrogens is 2. The number of likely N-dealkylation sites (N-methyl/N-ethyl adjacent to an activating group) is 2. The van der Waals surface area contributed by atoms with Gasteiger partial charge in [0.1, 0.15) is 12.4 Å². The molecule has 6 rings (SSSR count). The topological polar surface area (TPSA) is 92.1 Å². The van der Waals surface area contributed by atoms with Crippen LogP contribution in [0.4, 0.5) is 24.7 Å². The van der Waals surface area contributed by atoms with Gasteiger partial charge in [0.15, 0.2) is 0 Å². The Morgan fingerprint density at radius 1 is 1.18 bits per heavy atom. The van der Waals surface area contributed by atoms with E-state index in [1.807, 2.05) is 18.2 Å². The Hall–Kier alpha value is -3.90. The van der Waals surface area contributed by atoms with Crippen molar-refractivity contribution in [1.29, 1.82) is 5.26 Å². The van der Waals surface area contributed by atoms with Crippen molar-refractivity contribution < 1.29 is 22.7 Å². The van der Waals surface area contributed by atoms with E-state index >= 15 is 0 Å². The van der Waals surface area contributed by atoms with Crippen molar-refractivity contribution in [1.82, 2.24) is 24.7 Å². The first-order valence-corrected chi connectivity index (χ1v) is 18.0. The van der Waals surface area contributed by atoms with Crippen molar-refractivity contribution in [2.75, 3.05) is 76.3 Å². The van der Waals surface area contributed by atoms with E-state index in [-0.39, 0.29) is 44.0 Å². The molecule has 2 atom stereocenters. The molecule has 4 heterocycles. The second kappa shape index (κ2) is 15.4. The van der Waals surface area contributed by atoms with E-state index in [4.69, 9.17) is 26.3 Å². The number of rotatable bonds is 10. The molecule has 269 valence electrons. The summed E-state index contributed by atoms with van der Waals surface area (Å²) in [7, 11) is 7.24. The quantitative estimate of drug-likeness (QED) is 0.215. The average molecular weight is 738 g/mol. The summed E-state index contributed by atoms with van der Waals surface area (Å²) in [5.74, 6) is 0.321. The maximum absolute atomic E-state index is 13.4. The van der Waals surface area contributed by atoms with Gasteiger partial charge in [0.05, 0.1) is 51.7 Å². The van der Waals surface area contributed by atoms with Gasteiger partial charge >= 0.3 is 12.2 Å². The zero-order valence-corrected chi connectivity index (χ0v) is 30.6. The molecule has 0 spiro atoms. The fourth-order valence-corrected chi connectivity index (χ4v) is 8.08. The minimum Gasteiger partial charge on any atom is -0.462 e. The van der Waals surface area contributed by atoms with Crippen LogP contribution >= 0.6 is 11.6 Å². The lowest BCUT2D eigenvalue weighted by Gasteiger charge is -2.48. The minimum absolute atomic E-state index is 0.0196. The van der Waals surface area contributed by atoms with E-state index in [0.29, 0.717) is 43.5 Å². The SMILES string of the molecule is CN(C/C=C/C(=O)N1CCN(c2nc(OC[C@@H]3CCCN3C)nc3c2CCN(c2cccc4cccc(Cl)c24)C3)C[C@@]1([Si])CC#N)CC(F)(F)F. The molecule has 51 heavy (non-hydrogen) atoms. The van der Waals surface area contributed by atoms with Gasteiger partial charge in [0, 0.05) is 61.5 Å². The Kier molecular flexibility index (Phi) is 11.1. The van der Waals surface area contributed by atoms with Gasteiger partial charge in [-0.05, 0) is 57.4 Å². The fourth-order valence-electron chi connectivity index (χ4n) is 7.31. The number of fused-ring (bicyclic) bond motifs is 2. The number of carbonyl (C=O) groups excluding carboxylic acids is 1. The van der Waals surface area contributed by atoms with Crippen molar-refractivity contribution in [3.8, 4) is 12.1 Å². The highest BCUT2D eigenvalue weighted by atomic mass is 35.5. The molecule has 0 N–H and O–H groups in total. The molecular weight excluding hydrogens is 697 g/mol. The largest absolute Gasteiger partial charge is 0.462 e. The first-order chi connectivity index (χ1) is 24.3. The molecule has 2 fully saturated rings. The van der Waals surface area contributed by atoms with E-state index in [1.54, 1.807) is 4.90 Å². The zero-order valence-electron chi connectivity index (χ0n) is 28.8. The first-order valence-electron chi connectivity index (χ1n) is 17.1. The molecule has 15 heteroatoms. The summed E-state index contributed by atoms with van der Waals surface area (Å²) in [6.45, 7) is 2.48. The summed E-state index contributed by atoms with van der Waals surface area (Å²) >= 11 is 6.71. The lowest BCUT2D eigenvalue weighted by Crippen LogP contribution is -2.64. The van der Waals surface area contributed by atoms with Crippen molar-refractivity contribution in [3.63, 3.8) is 0 Å². The molecule has 0 unspecified atom stereocenters. The van der Waals surface area contributed by atoms with Crippen LogP contribution in [0.15, 0.2) is 48.6 Å². The maximum Gasteiger partial charge on any atom is 0.401 e. The maximum atomic E-state index is 13.4. The Labute approximate surface area is 304 Å². The highest BCUT2D eigenvalue weighted by Gasteiger charge is 2.41. The number of hydrogen-bond acceptors (Lipinski definition) is 9. The Morgan fingerprint density at radius 2 is 1.96 bits per heavy atom. The number of alkyl halides is 3. The molecule has 0 bridgehead atoms. The fraction of sp³-hybridized carbons (Fsp3) is 0.500. The second-order valence-electron chi connectivity index (χ2n) is 13.6. The number of ether oxygens (including phenoxy) is 1. The van der Waals surface area contributed by atoms with Gasteiger partial charge in [-0.2, -0.15) is 28.4 Å². The van der Waals surface area contributed by atoms with E-state index < -0.39 is 17.9 Å². The third-order valence-corrected chi connectivity index (χ3v) is 10.8. The van der Waals surface area contributed by atoms with Gasteiger partial charge in [0.25, 0.3) is 0 Å². The first kappa shape index (κ1) is 36.9. The van der Waals surface area contributed by atoms with Crippen molar-refractivity contribution in [2.24, 2.45) is 0 Å². The normalized spacial score (nSPS) is 21.5. The minimum atomic E-state index is -4.33. The molecule has 1 amide bonds. The van der Waals surface area contributed by atoms with Crippen LogP contribution in [-0.2, 0) is 17.8 Å². The molecule has 3 radical (unpaired) electrons. The van der Waals surface area contributed by atoms with Gasteiger partial charge in [-0.1, -0.05) is 41.9 Å². The van der Waals surface area contributed by atoms with Crippen LogP contribution in [0, 0.1) is 11.3 Å². The number of amides is 1. The van der Waals surface area contributed by atoms with Gasteiger partial charge in [0.2, 0.25) is 5.91 Å². The highest BCUT2D eigenvalue weighted by molar-refractivity contribution is 6.36. The van der Waals surface area contributed by atoms with Crippen LogP contribution in [0.2, 0.25) is 5.02 Å². The lowest BCUT2D eigenvalue weighted by molar-refractivity contribution is -0.141. The standard InChI is InChI=1S/C36H41ClF3N8O2Si/c1-44(24-36(38,39)40)16-6-12-31(49)48-20-19-47(23-35(48,51)14-15-41)33-27-13-18-46(30-11-4-8-25-7-3-10-28(37)32(25)30)21-29(27)42-34(43-33)50-22-26-9-5-17-45(26)2/h3-4,6-8,10-12,26H,5,9,13-14,16-24H2,1-2H3/b12-6+/t26-,35-/m0/s1. The van der Waals surface area contributed by atoms with E-state index in [9.17, 15) is 23.2 Å². The molecule has 2 aromatic carbocycles. The summed E-state index contributed by atoms with van der Waals surface area (Å²) in [6.07, 6.45) is 1.14. The van der Waals surface area contributed by atoms with Crippen LogP contribution in [-0.4, -0.2) is 125 Å². The summed E-state index contributed by atoms with van der Waals surface area (Å²) in [5.41, 5.74) is 2.85. The van der Waals surface area contributed by atoms with Crippen LogP contribution in [0.3, 0.4) is 0 Å². The number of anilines is 2. The molecular formula is C36H41ClF3N8O2Si. The molecule has 1 aromatic heterocycles. The third-order valence-electron chi connectivity index (χ3n) is 9.90. The predicted molar refractivity (Wildman–Crippen MR) is 192 cm³/mol. The lowest BCUT2D eigenvalue weighted by atomic mass is 10.0. The Bertz CT molecular complexity index is 1820. The number of nitriles is 1. The van der Waals surface area contributed by atoms with Gasteiger partial charge in [-0.25, -0.2) is 0 Å². The van der Waals surface area contributed by atoms with Crippen molar-refractivity contribution in [2.45, 2.75) is 49.6 Å². The summed E-state index contributed by atoms with van der Waals surface area (Å²) in [6, 6.07) is 14.8. The monoisotopic (exact) mass is 737 g/mol. The Balaban J connectivity index is 1.27. The summed E-state index contributed by atoms with van der Waals surface area (Å²) < 4.78 is 44.6. The van der Waals surface area contributed by atoms with Crippen LogP contribution < -0.4 is 14.5 Å². The van der Waals surface area contributed by atoms with Gasteiger partial charge in [-0.15, -0.1) is 0 Å². The second-order valence-corrected chi connectivity index (χ2v) is 15.0. The van der Waals surface area contributed by atoms with Gasteiger partial charge < -0.3 is 24.3 Å². The average Bonchev–Trinajstić information content (AvgIpc) is 3.49. The number of likely N-dealkylation sites (tertiary alicyclic amines) is 1. The van der Waals surface area contributed by atoms with E-state index in [2.05, 4.69) is 56.3 Å². The highest BCUT2D eigenvalue weighted by Crippen LogP contribution is 2.38. The number of nitrogens with zero attached hydrogens (tertiary/aromatic N) is 8. The smallest absolute Gasteiger partial charge is 0.401 e. The number of hydrogen-bond donors (Lipinski definition) is 0. The number of carbonyl (C=O) groups is 1. The van der Waals surface area contributed by atoms with Crippen molar-refractivity contribution >= 4 is 50.0 Å². The molecule has 10 nitrogen and oxygen atoms in total. The molecule has 0 saturated carbocycles. The summed E-state index contributed by atoms with van der Waals surface area (Å²) in [4.78, 5) is 32.6. The molecule has 3 aromatic rings. The number of halogens is 4.